The Hall–Kier alpha value is -0.590. The number of hydrogen-bond donors (Lipinski definition) is 1. The van der Waals surface area contributed by atoms with E-state index >= 15 is 0 Å². The van der Waals surface area contributed by atoms with Crippen molar-refractivity contribution >= 4 is 0 Å². The van der Waals surface area contributed by atoms with Gasteiger partial charge in [-0.3, -0.25) is 0 Å². The molecule has 1 unspecified atom stereocenters. The van der Waals surface area contributed by atoms with Crippen LogP contribution in [0.5, 0.6) is 0 Å². The van der Waals surface area contributed by atoms with Crippen molar-refractivity contribution in [1.29, 1.82) is 5.26 Å². The molecule has 12 heavy (non-hydrogen) atoms. The average Bonchev–Trinajstić information content (AvgIpc) is 2.04. The van der Waals surface area contributed by atoms with Gasteiger partial charge in [0.2, 0.25) is 0 Å². The lowest BCUT2D eigenvalue weighted by atomic mass is 10.0. The highest BCUT2D eigenvalue weighted by atomic mass is 16.5. The molecule has 0 amide bonds. The standard InChI is InChI=1S/C9H18N2O/c1-3-4-6-12-7-5-9(2,11)8-10/h3-7,11H2,1-2H3. The van der Waals surface area contributed by atoms with Crippen LogP contribution in [0.2, 0.25) is 0 Å². The molecule has 3 nitrogen and oxygen atoms in total. The number of nitrogens with two attached hydrogens (primary N) is 1. The molecule has 1 atom stereocenters. The van der Waals surface area contributed by atoms with Gasteiger partial charge in [0.05, 0.1) is 6.07 Å². The van der Waals surface area contributed by atoms with E-state index in [2.05, 4.69) is 6.92 Å². The number of ether oxygens (including phenoxy) is 1. The predicted molar refractivity (Wildman–Crippen MR) is 48.5 cm³/mol. The molecule has 0 aromatic heterocycles. The summed E-state index contributed by atoms with van der Waals surface area (Å²) in [5.74, 6) is 0. The van der Waals surface area contributed by atoms with E-state index < -0.39 is 5.54 Å². The molecule has 0 fully saturated rings. The monoisotopic (exact) mass is 170 g/mol. The number of unbranched alkanes of at least 4 members (excludes halogenated alkanes) is 1. The Morgan fingerprint density at radius 1 is 1.50 bits per heavy atom. The predicted octanol–water partition coefficient (Wildman–Crippen LogP) is 1.43. The van der Waals surface area contributed by atoms with E-state index in [1.165, 1.54) is 0 Å². The van der Waals surface area contributed by atoms with E-state index in [9.17, 15) is 0 Å². The van der Waals surface area contributed by atoms with Gasteiger partial charge in [0, 0.05) is 19.6 Å². The van der Waals surface area contributed by atoms with Crippen LogP contribution in [0, 0.1) is 11.3 Å². The molecule has 0 aromatic carbocycles. The van der Waals surface area contributed by atoms with Crippen molar-refractivity contribution in [2.45, 2.75) is 38.6 Å². The van der Waals surface area contributed by atoms with E-state index in [1.54, 1.807) is 6.92 Å². The second-order valence-corrected chi connectivity index (χ2v) is 3.25. The summed E-state index contributed by atoms with van der Waals surface area (Å²) in [6.07, 6.45) is 2.82. The van der Waals surface area contributed by atoms with Crippen molar-refractivity contribution < 1.29 is 4.74 Å². The molecule has 0 heterocycles. The summed E-state index contributed by atoms with van der Waals surface area (Å²) in [4.78, 5) is 0. The maximum absolute atomic E-state index is 8.57. The van der Waals surface area contributed by atoms with Gasteiger partial charge in [-0.2, -0.15) is 5.26 Å². The van der Waals surface area contributed by atoms with Crippen LogP contribution in [0.15, 0.2) is 0 Å². The van der Waals surface area contributed by atoms with Crippen LogP contribution in [0.1, 0.15) is 33.1 Å². The lowest BCUT2D eigenvalue weighted by Crippen LogP contribution is -2.35. The first-order valence-electron chi connectivity index (χ1n) is 4.40. The number of hydrogen-bond acceptors (Lipinski definition) is 3. The highest BCUT2D eigenvalue weighted by Crippen LogP contribution is 2.03. The van der Waals surface area contributed by atoms with E-state index in [4.69, 9.17) is 15.7 Å². The normalized spacial score (nSPS) is 15.2. The molecule has 0 saturated carbocycles. The van der Waals surface area contributed by atoms with Gasteiger partial charge in [-0.25, -0.2) is 0 Å². The molecule has 0 aliphatic rings. The molecular weight excluding hydrogens is 152 g/mol. The fraction of sp³-hybridized carbons (Fsp3) is 0.889. The molecule has 0 saturated heterocycles. The molecule has 0 aromatic rings. The van der Waals surface area contributed by atoms with Crippen LogP contribution in [0.3, 0.4) is 0 Å². The first kappa shape index (κ1) is 11.4. The Morgan fingerprint density at radius 3 is 2.67 bits per heavy atom. The zero-order valence-corrected chi connectivity index (χ0v) is 7.97. The third-order valence-electron chi connectivity index (χ3n) is 1.66. The highest BCUT2D eigenvalue weighted by Gasteiger charge is 2.15. The van der Waals surface area contributed by atoms with Crippen molar-refractivity contribution in [3.05, 3.63) is 0 Å². The van der Waals surface area contributed by atoms with Crippen LogP contribution in [-0.2, 0) is 4.74 Å². The average molecular weight is 170 g/mol. The molecule has 0 bridgehead atoms. The highest BCUT2D eigenvalue weighted by molar-refractivity contribution is 5.00. The molecule has 3 heteroatoms. The minimum Gasteiger partial charge on any atom is -0.381 e. The van der Waals surface area contributed by atoms with Crippen molar-refractivity contribution in [3.8, 4) is 6.07 Å². The fourth-order valence-electron chi connectivity index (χ4n) is 0.689. The van der Waals surface area contributed by atoms with E-state index in [1.807, 2.05) is 6.07 Å². The van der Waals surface area contributed by atoms with Gasteiger partial charge in [0.1, 0.15) is 5.54 Å². The summed E-state index contributed by atoms with van der Waals surface area (Å²) in [5, 5.41) is 8.57. The van der Waals surface area contributed by atoms with Crippen molar-refractivity contribution in [1.82, 2.24) is 0 Å². The maximum Gasteiger partial charge on any atom is 0.103 e. The Kier molecular flexibility index (Phi) is 5.69. The second kappa shape index (κ2) is 5.99. The minimum atomic E-state index is -0.730. The van der Waals surface area contributed by atoms with Crippen LogP contribution in [0.25, 0.3) is 0 Å². The SMILES string of the molecule is CCCCOCCC(C)(N)C#N. The van der Waals surface area contributed by atoms with Gasteiger partial charge in [0.15, 0.2) is 0 Å². The van der Waals surface area contributed by atoms with E-state index in [0.717, 1.165) is 19.4 Å². The maximum atomic E-state index is 8.57. The summed E-state index contributed by atoms with van der Waals surface area (Å²) in [6.45, 7) is 5.19. The molecule has 2 N–H and O–H groups in total. The van der Waals surface area contributed by atoms with Crippen LogP contribution < -0.4 is 5.73 Å². The largest absolute Gasteiger partial charge is 0.381 e. The Balaban J connectivity index is 3.27. The van der Waals surface area contributed by atoms with Crippen molar-refractivity contribution in [2.24, 2.45) is 5.73 Å². The Bertz CT molecular complexity index is 149. The minimum absolute atomic E-state index is 0.584. The quantitative estimate of drug-likeness (QED) is 0.613. The van der Waals surface area contributed by atoms with Crippen LogP contribution in [0.4, 0.5) is 0 Å². The zero-order chi connectivity index (χ0) is 9.45. The summed E-state index contributed by atoms with van der Waals surface area (Å²) in [5.41, 5.74) is 4.86. The topological polar surface area (TPSA) is 59.0 Å². The van der Waals surface area contributed by atoms with Gasteiger partial charge in [-0.1, -0.05) is 13.3 Å². The summed E-state index contributed by atoms with van der Waals surface area (Å²) in [6, 6.07) is 2.03. The van der Waals surface area contributed by atoms with Crippen molar-refractivity contribution in [3.63, 3.8) is 0 Å². The number of rotatable bonds is 6. The van der Waals surface area contributed by atoms with E-state index in [-0.39, 0.29) is 0 Å². The molecule has 0 rings (SSSR count). The van der Waals surface area contributed by atoms with Gasteiger partial charge in [0.25, 0.3) is 0 Å². The van der Waals surface area contributed by atoms with Gasteiger partial charge >= 0.3 is 0 Å². The molecule has 0 radical (unpaired) electrons. The molecular formula is C9H18N2O. The third kappa shape index (κ3) is 6.14. The summed E-state index contributed by atoms with van der Waals surface area (Å²) in [7, 11) is 0. The molecule has 0 aliphatic heterocycles. The first-order valence-corrected chi connectivity index (χ1v) is 4.40. The summed E-state index contributed by atoms with van der Waals surface area (Å²) < 4.78 is 5.28. The lowest BCUT2D eigenvalue weighted by molar-refractivity contribution is 0.120. The van der Waals surface area contributed by atoms with Crippen LogP contribution >= 0.6 is 0 Å². The second-order valence-electron chi connectivity index (χ2n) is 3.25. The number of nitriles is 1. The van der Waals surface area contributed by atoms with Crippen LogP contribution in [-0.4, -0.2) is 18.8 Å². The summed E-state index contributed by atoms with van der Waals surface area (Å²) >= 11 is 0. The molecule has 70 valence electrons. The van der Waals surface area contributed by atoms with Gasteiger partial charge < -0.3 is 10.5 Å². The fourth-order valence-corrected chi connectivity index (χ4v) is 0.689. The van der Waals surface area contributed by atoms with E-state index in [0.29, 0.717) is 13.0 Å². The van der Waals surface area contributed by atoms with Crippen molar-refractivity contribution in [2.75, 3.05) is 13.2 Å². The Labute approximate surface area is 74.5 Å². The lowest BCUT2D eigenvalue weighted by Gasteiger charge is -2.14. The van der Waals surface area contributed by atoms with Gasteiger partial charge in [-0.15, -0.1) is 0 Å². The van der Waals surface area contributed by atoms with Gasteiger partial charge in [-0.05, 0) is 13.3 Å². The molecule has 0 spiro atoms. The number of nitrogens with zero attached hydrogens (tertiary/aromatic N) is 1. The zero-order valence-electron chi connectivity index (χ0n) is 7.97. The Morgan fingerprint density at radius 2 is 2.17 bits per heavy atom. The third-order valence-corrected chi connectivity index (χ3v) is 1.66. The smallest absolute Gasteiger partial charge is 0.103 e. The molecule has 0 aliphatic carbocycles. The first-order chi connectivity index (χ1) is 5.62.